The molecule has 2 atom stereocenters. The van der Waals surface area contributed by atoms with Crippen LogP contribution in [0.1, 0.15) is 17.2 Å². The van der Waals surface area contributed by atoms with Gasteiger partial charge in [-0.2, -0.15) is 0 Å². The van der Waals surface area contributed by atoms with Crippen LogP contribution in [0.4, 0.5) is 8.78 Å². The van der Waals surface area contributed by atoms with E-state index < -0.39 is 0 Å². The van der Waals surface area contributed by atoms with Gasteiger partial charge in [-0.1, -0.05) is 24.3 Å². The molecule has 0 bridgehead atoms. The predicted octanol–water partition coefficient (Wildman–Crippen LogP) is 2.39. The molecule has 1 fully saturated rings. The van der Waals surface area contributed by atoms with Crippen LogP contribution in [0, 0.1) is 17.6 Å². The normalized spacial score (nSPS) is 20.1. The smallest absolute Gasteiger partial charge is 0.229 e. The third kappa shape index (κ3) is 3.60. The van der Waals surface area contributed by atoms with Crippen molar-refractivity contribution in [3.8, 4) is 0 Å². The third-order valence-corrected chi connectivity index (χ3v) is 4.24. The zero-order valence-electron chi connectivity index (χ0n) is 13.3. The van der Waals surface area contributed by atoms with Crippen molar-refractivity contribution in [2.24, 2.45) is 5.92 Å². The zero-order valence-corrected chi connectivity index (χ0v) is 13.3. The first-order valence-corrected chi connectivity index (χ1v) is 7.78. The fourth-order valence-corrected chi connectivity index (χ4v) is 2.94. The third-order valence-electron chi connectivity index (χ3n) is 4.24. The molecule has 0 aliphatic carbocycles. The second-order valence-corrected chi connectivity index (χ2v) is 5.98. The average molecular weight is 331 g/mol. The van der Waals surface area contributed by atoms with Gasteiger partial charge in [-0.3, -0.25) is 10.2 Å². The molecule has 4 nitrogen and oxygen atoms in total. The van der Waals surface area contributed by atoms with Gasteiger partial charge >= 0.3 is 0 Å². The Kier molecular flexibility index (Phi) is 4.87. The van der Waals surface area contributed by atoms with E-state index in [0.717, 1.165) is 11.1 Å². The number of amides is 1. The molecule has 1 amide bonds. The lowest BCUT2D eigenvalue weighted by Crippen LogP contribution is -2.36. The van der Waals surface area contributed by atoms with E-state index >= 15 is 0 Å². The maximum atomic E-state index is 13.1. The van der Waals surface area contributed by atoms with Gasteiger partial charge in [0.2, 0.25) is 5.91 Å². The molecule has 1 saturated heterocycles. The summed E-state index contributed by atoms with van der Waals surface area (Å²) in [5, 5.41) is 0. The summed E-state index contributed by atoms with van der Waals surface area (Å²) < 4.78 is 26.1. The number of carbonyl (C=O) groups excluding carboxylic acids is 1. The minimum Gasteiger partial charge on any atom is -0.341 e. The van der Waals surface area contributed by atoms with E-state index in [4.69, 9.17) is 0 Å². The second kappa shape index (κ2) is 7.07. The first-order chi connectivity index (χ1) is 11.5. The van der Waals surface area contributed by atoms with Crippen LogP contribution in [0.2, 0.25) is 0 Å². The van der Waals surface area contributed by atoms with Crippen LogP contribution in [0.15, 0.2) is 48.5 Å². The van der Waals surface area contributed by atoms with Crippen molar-refractivity contribution in [3.63, 3.8) is 0 Å². The average Bonchev–Trinajstić information content (AvgIpc) is 3.06. The highest BCUT2D eigenvalue weighted by atomic mass is 19.1. The van der Waals surface area contributed by atoms with Crippen molar-refractivity contribution in [3.05, 3.63) is 71.3 Å². The Morgan fingerprint density at radius 3 is 2.29 bits per heavy atom. The molecule has 2 unspecified atom stereocenters. The Bertz CT molecular complexity index is 703. The van der Waals surface area contributed by atoms with Gasteiger partial charge in [0.25, 0.3) is 0 Å². The van der Waals surface area contributed by atoms with Gasteiger partial charge in [0.1, 0.15) is 11.6 Å². The van der Waals surface area contributed by atoms with Crippen molar-refractivity contribution in [2.75, 3.05) is 13.6 Å². The van der Waals surface area contributed by atoms with Crippen LogP contribution >= 0.6 is 0 Å². The number of carbonyl (C=O) groups is 1. The van der Waals surface area contributed by atoms with Crippen LogP contribution in [0.5, 0.6) is 0 Å². The number of nitrogens with one attached hydrogen (secondary N) is 2. The number of nitrogens with zero attached hydrogens (tertiary/aromatic N) is 1. The summed E-state index contributed by atoms with van der Waals surface area (Å²) >= 11 is 0. The van der Waals surface area contributed by atoms with E-state index in [9.17, 15) is 13.6 Å². The molecule has 126 valence electrons. The lowest BCUT2D eigenvalue weighted by molar-refractivity contribution is -0.134. The largest absolute Gasteiger partial charge is 0.341 e. The summed E-state index contributed by atoms with van der Waals surface area (Å²) in [6.07, 6.45) is 0. The van der Waals surface area contributed by atoms with Gasteiger partial charge in [0, 0.05) is 20.1 Å². The first-order valence-electron chi connectivity index (χ1n) is 7.78. The molecule has 0 spiro atoms. The Labute approximate surface area is 139 Å². The van der Waals surface area contributed by atoms with E-state index in [1.165, 1.54) is 24.3 Å². The molecular formula is C18H19F2N3O. The molecule has 0 aromatic heterocycles. The Morgan fingerprint density at radius 1 is 1.08 bits per heavy atom. The second-order valence-electron chi connectivity index (χ2n) is 5.98. The fourth-order valence-electron chi connectivity index (χ4n) is 2.94. The molecule has 0 saturated carbocycles. The first kappa shape index (κ1) is 16.5. The van der Waals surface area contributed by atoms with E-state index in [1.807, 2.05) is 0 Å². The quantitative estimate of drug-likeness (QED) is 0.904. The van der Waals surface area contributed by atoms with Crippen molar-refractivity contribution < 1.29 is 13.6 Å². The highest BCUT2D eigenvalue weighted by Crippen LogP contribution is 2.27. The van der Waals surface area contributed by atoms with Gasteiger partial charge in [-0.05, 0) is 35.4 Å². The molecule has 2 N–H and O–H groups in total. The highest BCUT2D eigenvalue weighted by molar-refractivity contribution is 5.80. The maximum Gasteiger partial charge on any atom is 0.229 e. The lowest BCUT2D eigenvalue weighted by Gasteiger charge is -2.24. The number of hydrogen-bond acceptors (Lipinski definition) is 3. The van der Waals surface area contributed by atoms with Gasteiger partial charge < -0.3 is 4.90 Å². The van der Waals surface area contributed by atoms with Crippen LogP contribution in [0.3, 0.4) is 0 Å². The number of hydrazine groups is 1. The van der Waals surface area contributed by atoms with Crippen LogP contribution in [-0.4, -0.2) is 24.4 Å². The molecule has 2 aromatic rings. The van der Waals surface area contributed by atoms with Crippen LogP contribution in [0.25, 0.3) is 0 Å². The summed E-state index contributed by atoms with van der Waals surface area (Å²) in [6, 6.07) is 12.0. The molecule has 1 heterocycles. The van der Waals surface area contributed by atoms with Crippen LogP contribution in [-0.2, 0) is 11.3 Å². The fraction of sp³-hybridized carbons (Fsp3) is 0.278. The van der Waals surface area contributed by atoms with E-state index in [1.54, 1.807) is 36.2 Å². The van der Waals surface area contributed by atoms with Gasteiger partial charge in [-0.25, -0.2) is 14.2 Å². The summed E-state index contributed by atoms with van der Waals surface area (Å²) in [4.78, 5) is 14.4. The maximum absolute atomic E-state index is 13.1. The standard InChI is InChI=1S/C18H19F2N3O/c1-23(11-12-2-6-14(19)7-3-12)18(24)16-10-21-22-17(16)13-4-8-15(20)9-5-13/h2-9,16-17,21-22H,10-11H2,1H3. The molecule has 1 aliphatic heterocycles. The van der Waals surface area contributed by atoms with E-state index in [-0.39, 0.29) is 29.5 Å². The van der Waals surface area contributed by atoms with Gasteiger partial charge in [0.15, 0.2) is 0 Å². The number of halogens is 2. The Morgan fingerprint density at radius 2 is 1.67 bits per heavy atom. The van der Waals surface area contributed by atoms with Crippen molar-refractivity contribution in [1.29, 1.82) is 0 Å². The Hall–Kier alpha value is -2.31. The number of benzene rings is 2. The SMILES string of the molecule is CN(Cc1ccc(F)cc1)C(=O)C1CNNC1c1ccc(F)cc1. The molecule has 1 aliphatic rings. The summed E-state index contributed by atoms with van der Waals surface area (Å²) in [7, 11) is 1.73. The van der Waals surface area contributed by atoms with E-state index in [0.29, 0.717) is 13.1 Å². The topological polar surface area (TPSA) is 44.4 Å². The Balaban J connectivity index is 1.70. The number of rotatable bonds is 4. The summed E-state index contributed by atoms with van der Waals surface area (Å²) in [6.45, 7) is 0.903. The lowest BCUT2D eigenvalue weighted by atomic mass is 9.93. The molecule has 0 radical (unpaired) electrons. The minimum absolute atomic E-state index is 0.0221. The van der Waals surface area contributed by atoms with Crippen molar-refractivity contribution in [1.82, 2.24) is 15.8 Å². The molecular weight excluding hydrogens is 312 g/mol. The van der Waals surface area contributed by atoms with Crippen molar-refractivity contribution >= 4 is 5.91 Å². The zero-order chi connectivity index (χ0) is 17.1. The van der Waals surface area contributed by atoms with Crippen LogP contribution < -0.4 is 10.9 Å². The monoisotopic (exact) mass is 331 g/mol. The number of hydrogen-bond donors (Lipinski definition) is 2. The van der Waals surface area contributed by atoms with Crippen molar-refractivity contribution in [2.45, 2.75) is 12.6 Å². The molecule has 2 aromatic carbocycles. The van der Waals surface area contributed by atoms with Gasteiger partial charge in [0.05, 0.1) is 12.0 Å². The van der Waals surface area contributed by atoms with Gasteiger partial charge in [-0.15, -0.1) is 0 Å². The molecule has 6 heteroatoms. The van der Waals surface area contributed by atoms with E-state index in [2.05, 4.69) is 10.9 Å². The predicted molar refractivity (Wildman–Crippen MR) is 86.6 cm³/mol. The minimum atomic E-state index is -0.305. The molecule has 24 heavy (non-hydrogen) atoms. The summed E-state index contributed by atoms with van der Waals surface area (Å²) in [5.74, 6) is -0.915. The molecule has 3 rings (SSSR count). The highest BCUT2D eigenvalue weighted by Gasteiger charge is 2.35. The summed E-state index contributed by atoms with van der Waals surface area (Å²) in [5.41, 5.74) is 7.80.